The van der Waals surface area contributed by atoms with Gasteiger partial charge in [-0.15, -0.1) is 11.3 Å². The third-order valence-corrected chi connectivity index (χ3v) is 4.78. The molecule has 0 amide bonds. The van der Waals surface area contributed by atoms with E-state index < -0.39 is 5.60 Å². The van der Waals surface area contributed by atoms with Gasteiger partial charge in [0, 0.05) is 11.4 Å². The first-order chi connectivity index (χ1) is 11.4. The molecule has 0 spiro atoms. The van der Waals surface area contributed by atoms with Crippen molar-refractivity contribution >= 4 is 17.3 Å². The lowest BCUT2D eigenvalue weighted by molar-refractivity contribution is 0.0617. The van der Waals surface area contributed by atoms with Crippen molar-refractivity contribution in [3.05, 3.63) is 51.5 Å². The SMILES string of the molecule is CCNC(=NCc1sc(C)nc1C)NCC(C)(O)c1ccccc1. The van der Waals surface area contributed by atoms with Gasteiger partial charge < -0.3 is 15.7 Å². The average molecular weight is 346 g/mol. The fourth-order valence-corrected chi connectivity index (χ4v) is 3.23. The summed E-state index contributed by atoms with van der Waals surface area (Å²) in [5.74, 6) is 0.694. The summed E-state index contributed by atoms with van der Waals surface area (Å²) < 4.78 is 0. The summed E-state index contributed by atoms with van der Waals surface area (Å²) >= 11 is 1.67. The molecule has 2 aromatic rings. The molecular formula is C18H26N4OS. The number of benzene rings is 1. The molecular weight excluding hydrogens is 320 g/mol. The molecule has 1 aromatic carbocycles. The van der Waals surface area contributed by atoms with Crippen LogP contribution >= 0.6 is 11.3 Å². The maximum Gasteiger partial charge on any atom is 0.191 e. The Balaban J connectivity index is 2.02. The van der Waals surface area contributed by atoms with Gasteiger partial charge in [-0.2, -0.15) is 0 Å². The number of thiazole rings is 1. The molecule has 5 nitrogen and oxygen atoms in total. The van der Waals surface area contributed by atoms with Crippen molar-refractivity contribution in [2.45, 2.75) is 39.8 Å². The van der Waals surface area contributed by atoms with Gasteiger partial charge in [0.25, 0.3) is 0 Å². The van der Waals surface area contributed by atoms with Crippen LogP contribution in [0.25, 0.3) is 0 Å². The van der Waals surface area contributed by atoms with E-state index in [1.165, 1.54) is 4.88 Å². The quantitative estimate of drug-likeness (QED) is 0.556. The number of hydrogen-bond donors (Lipinski definition) is 3. The summed E-state index contributed by atoms with van der Waals surface area (Å²) in [5, 5.41) is 18.2. The molecule has 6 heteroatoms. The van der Waals surface area contributed by atoms with Crippen LogP contribution in [-0.4, -0.2) is 29.1 Å². The second kappa shape index (κ2) is 8.26. The maximum atomic E-state index is 10.7. The maximum absolute atomic E-state index is 10.7. The van der Waals surface area contributed by atoms with Crippen molar-refractivity contribution in [1.29, 1.82) is 0 Å². The molecule has 1 atom stereocenters. The zero-order chi connectivity index (χ0) is 17.6. The molecule has 1 aromatic heterocycles. The minimum atomic E-state index is -0.964. The molecule has 0 aliphatic heterocycles. The van der Waals surface area contributed by atoms with E-state index in [-0.39, 0.29) is 0 Å². The molecule has 0 saturated carbocycles. The monoisotopic (exact) mass is 346 g/mol. The van der Waals surface area contributed by atoms with Gasteiger partial charge in [-0.3, -0.25) is 0 Å². The van der Waals surface area contributed by atoms with Crippen molar-refractivity contribution in [1.82, 2.24) is 15.6 Å². The predicted octanol–water partition coefficient (Wildman–Crippen LogP) is 2.72. The van der Waals surface area contributed by atoms with Gasteiger partial charge in [-0.1, -0.05) is 30.3 Å². The Kier molecular flexibility index (Phi) is 6.34. The van der Waals surface area contributed by atoms with Gasteiger partial charge in [0.05, 0.1) is 23.8 Å². The van der Waals surface area contributed by atoms with E-state index in [2.05, 4.69) is 20.6 Å². The van der Waals surface area contributed by atoms with Crippen LogP contribution in [0.1, 0.15) is 35.0 Å². The lowest BCUT2D eigenvalue weighted by atomic mass is 9.96. The van der Waals surface area contributed by atoms with Crippen molar-refractivity contribution in [2.24, 2.45) is 4.99 Å². The van der Waals surface area contributed by atoms with Crippen molar-refractivity contribution in [3.8, 4) is 0 Å². The number of aliphatic hydroxyl groups is 1. The van der Waals surface area contributed by atoms with Crippen molar-refractivity contribution < 1.29 is 5.11 Å². The molecule has 0 saturated heterocycles. The third kappa shape index (κ3) is 5.04. The molecule has 0 radical (unpaired) electrons. The number of aryl methyl sites for hydroxylation is 2. The molecule has 0 fully saturated rings. The first-order valence-corrected chi connectivity index (χ1v) is 8.97. The van der Waals surface area contributed by atoms with Crippen LogP contribution in [0.15, 0.2) is 35.3 Å². The van der Waals surface area contributed by atoms with Crippen LogP contribution in [0.3, 0.4) is 0 Å². The number of hydrogen-bond acceptors (Lipinski definition) is 4. The molecule has 1 heterocycles. The lowest BCUT2D eigenvalue weighted by Crippen LogP contribution is -2.44. The van der Waals surface area contributed by atoms with Crippen LogP contribution in [0.2, 0.25) is 0 Å². The van der Waals surface area contributed by atoms with E-state index >= 15 is 0 Å². The van der Waals surface area contributed by atoms with E-state index in [0.717, 1.165) is 22.8 Å². The Morgan fingerprint density at radius 3 is 2.54 bits per heavy atom. The van der Waals surface area contributed by atoms with Crippen molar-refractivity contribution in [3.63, 3.8) is 0 Å². The van der Waals surface area contributed by atoms with Crippen LogP contribution < -0.4 is 10.6 Å². The highest BCUT2D eigenvalue weighted by molar-refractivity contribution is 7.11. The standard InChI is InChI=1S/C18H26N4OS/c1-5-19-17(20-11-16-13(2)22-14(3)24-16)21-12-18(4,23)15-9-7-6-8-10-15/h6-10,23H,5,11-12H2,1-4H3,(H2,19,20,21). The largest absolute Gasteiger partial charge is 0.384 e. The lowest BCUT2D eigenvalue weighted by Gasteiger charge is -2.25. The second-order valence-corrected chi connectivity index (χ2v) is 7.22. The Bertz CT molecular complexity index is 680. The van der Waals surface area contributed by atoms with Crippen LogP contribution in [0.5, 0.6) is 0 Å². The van der Waals surface area contributed by atoms with Gasteiger partial charge in [0.2, 0.25) is 0 Å². The molecule has 0 aliphatic rings. The highest BCUT2D eigenvalue weighted by atomic mass is 32.1. The summed E-state index contributed by atoms with van der Waals surface area (Å²) in [5.41, 5.74) is 0.949. The van der Waals surface area contributed by atoms with Gasteiger partial charge in [0.15, 0.2) is 5.96 Å². The van der Waals surface area contributed by atoms with E-state index in [0.29, 0.717) is 19.0 Å². The summed E-state index contributed by atoms with van der Waals surface area (Å²) in [6.45, 7) is 9.56. The molecule has 24 heavy (non-hydrogen) atoms. The fraction of sp³-hybridized carbons (Fsp3) is 0.444. The van der Waals surface area contributed by atoms with Crippen LogP contribution in [-0.2, 0) is 12.1 Å². The van der Waals surface area contributed by atoms with Gasteiger partial charge in [-0.25, -0.2) is 9.98 Å². The minimum Gasteiger partial charge on any atom is -0.384 e. The summed E-state index contributed by atoms with van der Waals surface area (Å²) in [6.07, 6.45) is 0. The smallest absolute Gasteiger partial charge is 0.191 e. The summed E-state index contributed by atoms with van der Waals surface area (Å²) in [4.78, 5) is 10.2. The molecule has 1 unspecified atom stereocenters. The zero-order valence-corrected chi connectivity index (χ0v) is 15.6. The Morgan fingerprint density at radius 2 is 1.96 bits per heavy atom. The summed E-state index contributed by atoms with van der Waals surface area (Å²) in [7, 11) is 0. The van der Waals surface area contributed by atoms with E-state index in [1.54, 1.807) is 18.3 Å². The Morgan fingerprint density at radius 1 is 1.25 bits per heavy atom. The van der Waals surface area contributed by atoms with Crippen LogP contribution in [0.4, 0.5) is 0 Å². The average Bonchev–Trinajstić information content (AvgIpc) is 2.88. The van der Waals surface area contributed by atoms with Crippen LogP contribution in [0, 0.1) is 13.8 Å². The zero-order valence-electron chi connectivity index (χ0n) is 14.8. The second-order valence-electron chi connectivity index (χ2n) is 5.93. The number of aliphatic imine (C=N–C) groups is 1. The molecule has 0 aliphatic carbocycles. The Hall–Kier alpha value is -1.92. The van der Waals surface area contributed by atoms with Gasteiger partial charge >= 0.3 is 0 Å². The van der Waals surface area contributed by atoms with Gasteiger partial charge in [0.1, 0.15) is 5.60 Å². The van der Waals surface area contributed by atoms with Crippen molar-refractivity contribution in [2.75, 3.05) is 13.1 Å². The molecule has 2 rings (SSSR count). The van der Waals surface area contributed by atoms with E-state index in [9.17, 15) is 5.11 Å². The normalized spacial score (nSPS) is 14.3. The summed E-state index contributed by atoms with van der Waals surface area (Å²) in [6, 6.07) is 9.65. The number of aromatic nitrogens is 1. The highest BCUT2D eigenvalue weighted by Crippen LogP contribution is 2.19. The topological polar surface area (TPSA) is 69.5 Å². The first-order valence-electron chi connectivity index (χ1n) is 8.15. The highest BCUT2D eigenvalue weighted by Gasteiger charge is 2.22. The third-order valence-electron chi connectivity index (χ3n) is 3.72. The van der Waals surface area contributed by atoms with Gasteiger partial charge in [-0.05, 0) is 33.3 Å². The number of rotatable bonds is 6. The first kappa shape index (κ1) is 18.4. The fourth-order valence-electron chi connectivity index (χ4n) is 2.37. The van der Waals surface area contributed by atoms with E-state index in [1.807, 2.05) is 51.1 Å². The molecule has 0 bridgehead atoms. The number of nitrogens with zero attached hydrogens (tertiary/aromatic N) is 2. The number of nitrogens with one attached hydrogen (secondary N) is 2. The minimum absolute atomic E-state index is 0.379. The Labute approximate surface area is 147 Å². The molecule has 130 valence electrons. The predicted molar refractivity (Wildman–Crippen MR) is 100 cm³/mol. The van der Waals surface area contributed by atoms with E-state index in [4.69, 9.17) is 0 Å². The molecule has 3 N–H and O–H groups in total. The number of guanidine groups is 1.